The van der Waals surface area contributed by atoms with Crippen molar-refractivity contribution in [1.82, 2.24) is 14.5 Å². The molecule has 1 aromatic carbocycles. The highest BCUT2D eigenvalue weighted by molar-refractivity contribution is 5.91. The zero-order valence-corrected chi connectivity index (χ0v) is 21.7. The number of fused-ring (bicyclic) bond motifs is 5. The Labute approximate surface area is 215 Å². The van der Waals surface area contributed by atoms with Gasteiger partial charge in [0, 0.05) is 34.9 Å². The predicted molar refractivity (Wildman–Crippen MR) is 141 cm³/mol. The summed E-state index contributed by atoms with van der Waals surface area (Å²) in [5.41, 5.74) is 2.00. The predicted octanol–water partition coefficient (Wildman–Crippen LogP) is 3.57. The van der Waals surface area contributed by atoms with Crippen molar-refractivity contribution >= 4 is 22.7 Å². The smallest absolute Gasteiger partial charge is 0.311 e. The van der Waals surface area contributed by atoms with Crippen molar-refractivity contribution < 1.29 is 19.4 Å². The van der Waals surface area contributed by atoms with Crippen molar-refractivity contribution in [1.29, 1.82) is 0 Å². The van der Waals surface area contributed by atoms with Gasteiger partial charge >= 0.3 is 5.97 Å². The molecule has 0 bridgehead atoms. The van der Waals surface area contributed by atoms with E-state index in [-0.39, 0.29) is 30.2 Å². The van der Waals surface area contributed by atoms with E-state index in [1.165, 1.54) is 0 Å². The first-order valence-electron chi connectivity index (χ1n) is 13.2. The molecule has 8 heteroatoms. The topological polar surface area (TPSA) is 102 Å². The van der Waals surface area contributed by atoms with Crippen LogP contribution in [0.15, 0.2) is 35.1 Å². The molecule has 1 atom stereocenters. The number of aromatic nitrogens is 2. The summed E-state index contributed by atoms with van der Waals surface area (Å²) in [6, 6.07) is 9.08. The maximum absolute atomic E-state index is 13.4. The van der Waals surface area contributed by atoms with Gasteiger partial charge in [0.1, 0.15) is 11.4 Å². The number of nitrogens with zero attached hydrogens (tertiary/aromatic N) is 3. The SMILES string of the molecule is CCN(CC)CCCC(=O)Oc1ccc2nc3c(cc2c1)Cn1c-3cc2c(c1=O)CCC(=O)[C@]2(O)CC. The molecular formula is C29H33N3O5. The summed E-state index contributed by atoms with van der Waals surface area (Å²) in [6.45, 7) is 9.13. The summed E-state index contributed by atoms with van der Waals surface area (Å²) in [6.07, 6.45) is 1.82. The number of rotatable bonds is 8. The number of ether oxygens (including phenoxy) is 1. The Hall–Kier alpha value is -3.36. The van der Waals surface area contributed by atoms with E-state index < -0.39 is 5.60 Å². The first kappa shape index (κ1) is 25.3. The third-order valence-corrected chi connectivity index (χ3v) is 7.84. The first-order chi connectivity index (χ1) is 17.8. The minimum absolute atomic E-state index is 0.165. The number of benzene rings is 1. The number of carbonyl (C=O) groups excluding carboxylic acids is 2. The van der Waals surface area contributed by atoms with E-state index >= 15 is 0 Å². The van der Waals surface area contributed by atoms with Gasteiger partial charge in [-0.2, -0.15) is 0 Å². The van der Waals surface area contributed by atoms with Crippen molar-refractivity contribution in [2.75, 3.05) is 19.6 Å². The molecule has 0 saturated carbocycles. The fourth-order valence-electron chi connectivity index (χ4n) is 5.58. The molecule has 2 aliphatic rings. The highest BCUT2D eigenvalue weighted by Crippen LogP contribution is 2.39. The number of hydrogen-bond acceptors (Lipinski definition) is 7. The molecule has 5 rings (SSSR count). The largest absolute Gasteiger partial charge is 0.427 e. The van der Waals surface area contributed by atoms with Gasteiger partial charge in [-0.1, -0.05) is 20.8 Å². The zero-order chi connectivity index (χ0) is 26.3. The summed E-state index contributed by atoms with van der Waals surface area (Å²) in [7, 11) is 0. The van der Waals surface area contributed by atoms with Gasteiger partial charge in [-0.25, -0.2) is 4.98 Å². The van der Waals surface area contributed by atoms with Crippen LogP contribution in [0.5, 0.6) is 5.75 Å². The Morgan fingerprint density at radius 2 is 1.92 bits per heavy atom. The Morgan fingerprint density at radius 3 is 2.65 bits per heavy atom. The third kappa shape index (κ3) is 4.38. The second kappa shape index (κ2) is 9.84. The number of carbonyl (C=O) groups is 2. The standard InChI is InChI=1S/C29H33N3O5/c1-4-29(36)22-16-24-27-19(17-32(24)28(35)21(22)10-12-25(29)33)14-18-15-20(9-11-23(18)30-27)37-26(34)8-7-13-31(5-2)6-3/h9,11,14-16,36H,4-8,10,12-13,17H2,1-3H3/t29-/m0/s1. The van der Waals surface area contributed by atoms with Gasteiger partial charge in [-0.3, -0.25) is 14.4 Å². The average molecular weight is 504 g/mol. The van der Waals surface area contributed by atoms with Crippen molar-refractivity contribution in [2.24, 2.45) is 0 Å². The maximum atomic E-state index is 13.4. The van der Waals surface area contributed by atoms with Gasteiger partial charge in [-0.05, 0) is 69.2 Å². The lowest BCUT2D eigenvalue weighted by Crippen LogP contribution is -2.43. The molecule has 1 aliphatic heterocycles. The molecule has 0 spiro atoms. The molecular weight excluding hydrogens is 470 g/mol. The summed E-state index contributed by atoms with van der Waals surface area (Å²) in [5.74, 6) is -0.0356. The lowest BCUT2D eigenvalue weighted by Gasteiger charge is -2.32. The van der Waals surface area contributed by atoms with Crippen LogP contribution in [0, 0.1) is 0 Å². The maximum Gasteiger partial charge on any atom is 0.311 e. The Kier molecular flexibility index (Phi) is 6.72. The van der Waals surface area contributed by atoms with E-state index in [0.717, 1.165) is 37.0 Å². The number of esters is 1. The Bertz CT molecular complexity index is 1460. The summed E-state index contributed by atoms with van der Waals surface area (Å²) in [5, 5.41) is 11.9. The summed E-state index contributed by atoms with van der Waals surface area (Å²) >= 11 is 0. The van der Waals surface area contributed by atoms with Crippen molar-refractivity contribution in [3.8, 4) is 17.1 Å². The van der Waals surface area contributed by atoms with Crippen LogP contribution < -0.4 is 10.3 Å². The number of aliphatic hydroxyl groups is 1. The molecule has 8 nitrogen and oxygen atoms in total. The normalized spacial score (nSPS) is 18.1. The van der Waals surface area contributed by atoms with Crippen LogP contribution in [0.3, 0.4) is 0 Å². The number of Topliss-reactive ketones (excluding diaryl/α,β-unsaturated/α-hetero) is 1. The molecule has 0 saturated heterocycles. The minimum atomic E-state index is -1.63. The zero-order valence-electron chi connectivity index (χ0n) is 21.7. The molecule has 0 amide bonds. The fraction of sp³-hybridized carbons (Fsp3) is 0.448. The quantitative estimate of drug-likeness (QED) is 0.290. The highest BCUT2D eigenvalue weighted by Gasteiger charge is 2.43. The molecule has 2 aromatic heterocycles. The van der Waals surface area contributed by atoms with Gasteiger partial charge in [0.25, 0.3) is 5.56 Å². The highest BCUT2D eigenvalue weighted by atomic mass is 16.5. The number of pyridine rings is 2. The number of ketones is 1. The van der Waals surface area contributed by atoms with E-state index in [4.69, 9.17) is 9.72 Å². The van der Waals surface area contributed by atoms with Crippen molar-refractivity contribution in [3.05, 3.63) is 57.4 Å². The number of hydrogen-bond donors (Lipinski definition) is 1. The van der Waals surface area contributed by atoms with Gasteiger partial charge in [0.05, 0.1) is 23.4 Å². The first-order valence-corrected chi connectivity index (χ1v) is 13.2. The van der Waals surface area contributed by atoms with Crippen LogP contribution in [0.2, 0.25) is 0 Å². The molecule has 1 aliphatic carbocycles. The van der Waals surface area contributed by atoms with Crippen LogP contribution in [-0.4, -0.2) is 50.9 Å². The molecule has 3 heterocycles. The molecule has 0 unspecified atom stereocenters. The Morgan fingerprint density at radius 1 is 1.14 bits per heavy atom. The van der Waals surface area contributed by atoms with E-state index in [9.17, 15) is 19.5 Å². The van der Waals surface area contributed by atoms with E-state index in [1.807, 2.05) is 6.07 Å². The summed E-state index contributed by atoms with van der Waals surface area (Å²) < 4.78 is 7.26. The molecule has 194 valence electrons. The second-order valence-electron chi connectivity index (χ2n) is 9.91. The van der Waals surface area contributed by atoms with Crippen molar-refractivity contribution in [2.45, 2.75) is 65.0 Å². The minimum Gasteiger partial charge on any atom is -0.427 e. The molecule has 37 heavy (non-hydrogen) atoms. The third-order valence-electron chi connectivity index (χ3n) is 7.84. The molecule has 0 fully saturated rings. The van der Waals surface area contributed by atoms with Crippen LogP contribution in [0.4, 0.5) is 0 Å². The summed E-state index contributed by atoms with van der Waals surface area (Å²) in [4.78, 5) is 45.4. The van der Waals surface area contributed by atoms with Crippen molar-refractivity contribution in [3.63, 3.8) is 0 Å². The van der Waals surface area contributed by atoms with E-state index in [0.29, 0.717) is 53.2 Å². The van der Waals surface area contributed by atoms with Gasteiger partial charge in [-0.15, -0.1) is 0 Å². The van der Waals surface area contributed by atoms with Gasteiger partial charge < -0.3 is 19.3 Å². The van der Waals surface area contributed by atoms with Gasteiger partial charge in [0.2, 0.25) is 0 Å². The average Bonchev–Trinajstić information content (AvgIpc) is 3.25. The van der Waals surface area contributed by atoms with Crippen LogP contribution in [0.1, 0.15) is 63.1 Å². The Balaban J connectivity index is 1.42. The molecule has 0 radical (unpaired) electrons. The lowest BCUT2D eigenvalue weighted by molar-refractivity contribution is -0.140. The molecule has 3 aromatic rings. The van der Waals surface area contributed by atoms with Crippen LogP contribution in [0.25, 0.3) is 22.3 Å². The van der Waals surface area contributed by atoms with Crippen LogP contribution >= 0.6 is 0 Å². The van der Waals surface area contributed by atoms with E-state index in [1.54, 1.807) is 35.8 Å². The lowest BCUT2D eigenvalue weighted by atomic mass is 9.77. The second-order valence-corrected chi connectivity index (χ2v) is 9.91. The fourth-order valence-corrected chi connectivity index (χ4v) is 5.58. The van der Waals surface area contributed by atoms with Gasteiger partial charge in [0.15, 0.2) is 5.78 Å². The molecule has 1 N–H and O–H groups in total. The monoisotopic (exact) mass is 503 g/mol. The van der Waals surface area contributed by atoms with Crippen LogP contribution in [-0.2, 0) is 28.2 Å². The van der Waals surface area contributed by atoms with E-state index in [2.05, 4.69) is 18.7 Å².